The van der Waals surface area contributed by atoms with Gasteiger partial charge in [-0.15, -0.1) is 5.06 Å². The molecular weight excluding hydrogens is 310 g/mol. The Morgan fingerprint density at radius 2 is 1.88 bits per heavy atom. The van der Waals surface area contributed by atoms with Crippen LogP contribution in [0.4, 0.5) is 0 Å². The van der Waals surface area contributed by atoms with Crippen LogP contribution in [0, 0.1) is 0 Å². The average molecular weight is 329 g/mol. The van der Waals surface area contributed by atoms with Crippen molar-refractivity contribution in [1.29, 1.82) is 0 Å². The summed E-state index contributed by atoms with van der Waals surface area (Å²) in [6.45, 7) is 2.11. The summed E-state index contributed by atoms with van der Waals surface area (Å²) in [6.07, 6.45) is 5.11. The van der Waals surface area contributed by atoms with Crippen LogP contribution in [0.25, 0.3) is 5.70 Å². The van der Waals surface area contributed by atoms with E-state index in [4.69, 9.17) is 9.57 Å². The molecule has 0 unspecified atom stereocenters. The standard InChI is InChI=1S/C18H19NO5/c1-2-3-4-5-6-11-18(22)24-19-15(12-20)14-9-7-8-10-16(14)23-17(19)13-21/h7-10H,2-6,11H2,1H3. The summed E-state index contributed by atoms with van der Waals surface area (Å²) in [6, 6.07) is 6.60. The van der Waals surface area contributed by atoms with E-state index in [1.54, 1.807) is 36.1 Å². The topological polar surface area (TPSA) is 72.9 Å². The number of carbonyl (C=O) groups is 1. The van der Waals surface area contributed by atoms with Crippen LogP contribution in [0.5, 0.6) is 5.75 Å². The summed E-state index contributed by atoms with van der Waals surface area (Å²) in [5.74, 6) is 2.60. The molecule has 0 spiro atoms. The van der Waals surface area contributed by atoms with Gasteiger partial charge < -0.3 is 9.57 Å². The zero-order valence-electron chi connectivity index (χ0n) is 13.5. The van der Waals surface area contributed by atoms with Gasteiger partial charge >= 0.3 is 11.9 Å². The molecule has 1 aromatic rings. The van der Waals surface area contributed by atoms with Crippen LogP contribution in [0.2, 0.25) is 0 Å². The highest BCUT2D eigenvalue weighted by Gasteiger charge is 2.32. The third-order valence-electron chi connectivity index (χ3n) is 3.60. The lowest BCUT2D eigenvalue weighted by atomic mass is 10.1. The molecule has 0 bridgehead atoms. The maximum atomic E-state index is 12.0. The van der Waals surface area contributed by atoms with Gasteiger partial charge in [0.2, 0.25) is 0 Å². The van der Waals surface area contributed by atoms with Crippen molar-refractivity contribution in [3.8, 4) is 5.75 Å². The van der Waals surface area contributed by atoms with Gasteiger partial charge in [-0.3, -0.25) is 0 Å². The second-order valence-electron chi connectivity index (χ2n) is 5.38. The number of para-hydroxylation sites is 1. The van der Waals surface area contributed by atoms with E-state index in [1.165, 1.54) is 0 Å². The first-order chi connectivity index (χ1) is 11.7. The first-order valence-electron chi connectivity index (χ1n) is 7.99. The average Bonchev–Trinajstić information content (AvgIpc) is 2.60. The van der Waals surface area contributed by atoms with Crippen molar-refractivity contribution in [3.05, 3.63) is 35.7 Å². The molecule has 2 rings (SSSR count). The van der Waals surface area contributed by atoms with Crippen molar-refractivity contribution in [1.82, 2.24) is 5.06 Å². The highest BCUT2D eigenvalue weighted by molar-refractivity contribution is 5.91. The van der Waals surface area contributed by atoms with Crippen molar-refractivity contribution in [2.24, 2.45) is 0 Å². The number of hydrogen-bond acceptors (Lipinski definition) is 6. The normalized spacial score (nSPS) is 12.8. The molecule has 1 aliphatic heterocycles. The maximum absolute atomic E-state index is 12.0. The van der Waals surface area contributed by atoms with Crippen molar-refractivity contribution in [2.75, 3.05) is 0 Å². The van der Waals surface area contributed by atoms with E-state index in [0.717, 1.165) is 30.7 Å². The van der Waals surface area contributed by atoms with Gasteiger partial charge in [-0.1, -0.05) is 44.7 Å². The molecule has 0 saturated heterocycles. The maximum Gasteiger partial charge on any atom is 0.333 e. The zero-order valence-corrected chi connectivity index (χ0v) is 13.5. The Morgan fingerprint density at radius 3 is 2.58 bits per heavy atom. The largest absolute Gasteiger partial charge is 0.429 e. The Morgan fingerprint density at radius 1 is 1.12 bits per heavy atom. The molecule has 0 saturated carbocycles. The Balaban J connectivity index is 2.07. The first kappa shape index (κ1) is 17.5. The lowest BCUT2D eigenvalue weighted by molar-refractivity contribution is -0.174. The summed E-state index contributed by atoms with van der Waals surface area (Å²) in [4.78, 5) is 39.5. The van der Waals surface area contributed by atoms with Crippen molar-refractivity contribution in [3.63, 3.8) is 0 Å². The molecule has 1 aliphatic rings. The van der Waals surface area contributed by atoms with Crippen molar-refractivity contribution in [2.45, 2.75) is 45.4 Å². The van der Waals surface area contributed by atoms with Gasteiger partial charge in [-0.25, -0.2) is 14.4 Å². The molecule has 24 heavy (non-hydrogen) atoms. The highest BCUT2D eigenvalue weighted by Crippen LogP contribution is 2.35. The predicted molar refractivity (Wildman–Crippen MR) is 86.7 cm³/mol. The van der Waals surface area contributed by atoms with Crippen molar-refractivity contribution < 1.29 is 24.0 Å². The van der Waals surface area contributed by atoms with Crippen LogP contribution in [-0.2, 0) is 19.2 Å². The zero-order chi connectivity index (χ0) is 17.4. The second kappa shape index (κ2) is 8.73. The minimum Gasteiger partial charge on any atom is -0.429 e. The fraction of sp³-hybridized carbons (Fsp3) is 0.389. The monoisotopic (exact) mass is 329 g/mol. The summed E-state index contributed by atoms with van der Waals surface area (Å²) in [7, 11) is 0. The van der Waals surface area contributed by atoms with E-state index in [9.17, 15) is 14.4 Å². The molecule has 126 valence electrons. The Hall–Kier alpha value is -2.81. The number of hydroxylamine groups is 2. The van der Waals surface area contributed by atoms with E-state index in [-0.39, 0.29) is 12.1 Å². The number of ether oxygens (including phenoxy) is 1. The molecule has 1 heterocycles. The van der Waals surface area contributed by atoms with E-state index in [0.29, 0.717) is 17.7 Å². The van der Waals surface area contributed by atoms with Gasteiger partial charge in [0.15, 0.2) is 17.6 Å². The third-order valence-corrected chi connectivity index (χ3v) is 3.60. The highest BCUT2D eigenvalue weighted by atomic mass is 16.7. The fourth-order valence-corrected chi connectivity index (χ4v) is 2.37. The van der Waals surface area contributed by atoms with Gasteiger partial charge in [0.25, 0.3) is 0 Å². The minimum absolute atomic E-state index is 0.0884. The Bertz CT molecular complexity index is 699. The SMILES string of the molecule is CCCCCCCC(=O)ON1C(=C=O)Oc2ccccc2C1=C=O. The van der Waals surface area contributed by atoms with Gasteiger partial charge in [-0.2, -0.15) is 0 Å². The number of nitrogens with zero attached hydrogens (tertiary/aromatic N) is 1. The molecule has 0 aromatic heterocycles. The minimum atomic E-state index is -0.546. The fourth-order valence-electron chi connectivity index (χ4n) is 2.37. The van der Waals surface area contributed by atoms with Gasteiger partial charge in [-0.05, 0) is 18.6 Å². The molecule has 1 aromatic carbocycles. The molecule has 0 amide bonds. The van der Waals surface area contributed by atoms with Crippen LogP contribution in [0.1, 0.15) is 51.0 Å². The van der Waals surface area contributed by atoms with E-state index >= 15 is 0 Å². The molecule has 6 nitrogen and oxygen atoms in total. The molecular formula is C18H19NO5. The number of carbonyl (C=O) groups excluding carboxylic acids is 3. The number of benzene rings is 1. The quantitative estimate of drug-likeness (QED) is 0.565. The van der Waals surface area contributed by atoms with Crippen LogP contribution < -0.4 is 4.74 Å². The van der Waals surface area contributed by atoms with Gasteiger partial charge in [0.05, 0.1) is 5.56 Å². The van der Waals surface area contributed by atoms with Gasteiger partial charge in [0.1, 0.15) is 5.75 Å². The second-order valence-corrected chi connectivity index (χ2v) is 5.38. The Labute approximate surface area is 140 Å². The molecule has 6 heteroatoms. The van der Waals surface area contributed by atoms with Crippen LogP contribution in [0.3, 0.4) is 0 Å². The molecule has 0 atom stereocenters. The lowest BCUT2D eigenvalue weighted by Gasteiger charge is -2.28. The van der Waals surface area contributed by atoms with E-state index < -0.39 is 11.9 Å². The van der Waals surface area contributed by atoms with E-state index in [1.807, 2.05) is 0 Å². The summed E-state index contributed by atoms with van der Waals surface area (Å²) in [5, 5.41) is 0.761. The summed E-state index contributed by atoms with van der Waals surface area (Å²) < 4.78 is 5.33. The molecule has 0 N–H and O–H groups in total. The van der Waals surface area contributed by atoms with Crippen LogP contribution in [0.15, 0.2) is 30.1 Å². The summed E-state index contributed by atoms with van der Waals surface area (Å²) >= 11 is 0. The number of rotatable bonds is 7. The molecule has 0 radical (unpaired) electrons. The smallest absolute Gasteiger partial charge is 0.333 e. The molecule has 0 aliphatic carbocycles. The first-order valence-corrected chi connectivity index (χ1v) is 7.99. The number of fused-ring (bicyclic) bond motifs is 1. The summed E-state index contributed by atoms with van der Waals surface area (Å²) in [5.41, 5.74) is 0.303. The third kappa shape index (κ3) is 4.13. The van der Waals surface area contributed by atoms with Gasteiger partial charge in [0, 0.05) is 6.42 Å². The lowest BCUT2D eigenvalue weighted by Crippen LogP contribution is -2.32. The number of hydrogen-bond donors (Lipinski definition) is 0. The number of unbranched alkanes of at least 4 members (excludes halogenated alkanes) is 4. The van der Waals surface area contributed by atoms with Crippen LogP contribution >= 0.6 is 0 Å². The molecule has 0 fully saturated rings. The predicted octanol–water partition coefficient (Wildman–Crippen LogP) is 3.05. The van der Waals surface area contributed by atoms with Crippen molar-refractivity contribution >= 4 is 23.5 Å². The van der Waals surface area contributed by atoms with Crippen LogP contribution in [-0.4, -0.2) is 22.9 Å². The van der Waals surface area contributed by atoms with E-state index in [2.05, 4.69) is 6.92 Å². The Kier molecular flexibility index (Phi) is 6.38.